The van der Waals surface area contributed by atoms with E-state index in [2.05, 4.69) is 20.8 Å². The lowest BCUT2D eigenvalue weighted by Crippen LogP contribution is -2.60. The van der Waals surface area contributed by atoms with E-state index in [1.54, 1.807) is 0 Å². The standard InChI is InChI=1S/C21H31F3O/c1-12-9-14(25)10-13-11-17(21(22,23)24)18-15-5-4-7-19(15,2)8-6-16(18)20(12,13)3/h12-13,15-18H,4-11H2,1-3H3/t12-,13+,15-,16-,17+,18-,19-,20-/m0/s1. The van der Waals surface area contributed by atoms with Gasteiger partial charge in [0.1, 0.15) is 5.78 Å². The van der Waals surface area contributed by atoms with Crippen molar-refractivity contribution in [2.24, 2.45) is 46.3 Å². The van der Waals surface area contributed by atoms with E-state index in [1.807, 2.05) is 0 Å². The molecule has 0 aromatic carbocycles. The van der Waals surface area contributed by atoms with Crippen LogP contribution >= 0.6 is 0 Å². The molecule has 4 saturated carbocycles. The molecular formula is C21H31F3O. The van der Waals surface area contributed by atoms with Gasteiger partial charge in [0.2, 0.25) is 0 Å². The highest BCUT2D eigenvalue weighted by Crippen LogP contribution is 2.69. The number of hydrogen-bond acceptors (Lipinski definition) is 1. The van der Waals surface area contributed by atoms with Crippen LogP contribution in [0.4, 0.5) is 13.2 Å². The van der Waals surface area contributed by atoms with E-state index in [0.717, 1.165) is 32.1 Å². The van der Waals surface area contributed by atoms with Crippen LogP contribution in [0.25, 0.3) is 0 Å². The van der Waals surface area contributed by atoms with Crippen LogP contribution in [0, 0.1) is 46.3 Å². The molecule has 0 radical (unpaired) electrons. The summed E-state index contributed by atoms with van der Waals surface area (Å²) in [5, 5.41) is 0. The molecule has 0 heterocycles. The number of hydrogen-bond donors (Lipinski definition) is 0. The SMILES string of the molecule is C[C@H]1CC(=O)C[C@@H]2C[C@@H](C(F)(F)F)[C@H]3[C@@H]4CCC[C@@]4(C)CC[C@@H]3[C@]21C. The average Bonchev–Trinajstić information content (AvgIpc) is 2.89. The van der Waals surface area contributed by atoms with Gasteiger partial charge in [0.05, 0.1) is 5.92 Å². The second kappa shape index (κ2) is 5.48. The highest BCUT2D eigenvalue weighted by molar-refractivity contribution is 5.80. The molecule has 0 aliphatic heterocycles. The molecule has 4 aliphatic carbocycles. The molecule has 4 heteroatoms. The fourth-order valence-electron chi connectivity index (χ4n) is 7.83. The van der Waals surface area contributed by atoms with Gasteiger partial charge < -0.3 is 0 Å². The number of rotatable bonds is 0. The third-order valence-electron chi connectivity index (χ3n) is 9.29. The van der Waals surface area contributed by atoms with Crippen LogP contribution in [0.15, 0.2) is 0 Å². The lowest BCUT2D eigenvalue weighted by atomic mass is 9.41. The molecule has 4 rings (SSSR count). The molecule has 0 N–H and O–H groups in total. The first-order valence-corrected chi connectivity index (χ1v) is 10.2. The summed E-state index contributed by atoms with van der Waals surface area (Å²) < 4.78 is 42.3. The normalized spacial score (nSPS) is 53.1. The summed E-state index contributed by atoms with van der Waals surface area (Å²) in [6.07, 6.45) is 2.15. The quantitative estimate of drug-likeness (QED) is 0.518. The molecule has 4 aliphatic rings. The van der Waals surface area contributed by atoms with Crippen molar-refractivity contribution in [2.45, 2.75) is 78.3 Å². The van der Waals surface area contributed by atoms with Crippen LogP contribution in [-0.4, -0.2) is 12.0 Å². The Balaban J connectivity index is 1.78. The Morgan fingerprint density at radius 1 is 1.04 bits per heavy atom. The predicted molar refractivity (Wildman–Crippen MR) is 90.8 cm³/mol. The van der Waals surface area contributed by atoms with E-state index < -0.39 is 12.1 Å². The van der Waals surface area contributed by atoms with Gasteiger partial charge in [-0.15, -0.1) is 0 Å². The largest absolute Gasteiger partial charge is 0.392 e. The molecular weight excluding hydrogens is 325 g/mol. The van der Waals surface area contributed by atoms with Crippen molar-refractivity contribution in [2.75, 3.05) is 0 Å². The number of halogens is 3. The van der Waals surface area contributed by atoms with Crippen LogP contribution in [0.3, 0.4) is 0 Å². The minimum Gasteiger partial charge on any atom is -0.300 e. The fourth-order valence-corrected chi connectivity index (χ4v) is 7.83. The number of Topliss-reactive ketones (excluding diaryl/α,β-unsaturated/α-hetero) is 1. The van der Waals surface area contributed by atoms with Crippen molar-refractivity contribution < 1.29 is 18.0 Å². The van der Waals surface area contributed by atoms with Crippen LogP contribution in [-0.2, 0) is 4.79 Å². The number of carbonyl (C=O) groups is 1. The van der Waals surface area contributed by atoms with E-state index in [-0.39, 0.29) is 52.6 Å². The van der Waals surface area contributed by atoms with Crippen LogP contribution in [0.2, 0.25) is 0 Å². The zero-order valence-corrected chi connectivity index (χ0v) is 15.7. The third-order valence-corrected chi connectivity index (χ3v) is 9.29. The Kier molecular flexibility index (Phi) is 3.92. The van der Waals surface area contributed by atoms with Crippen molar-refractivity contribution >= 4 is 5.78 Å². The summed E-state index contributed by atoms with van der Waals surface area (Å²) in [6.45, 7) is 6.60. The van der Waals surface area contributed by atoms with E-state index in [1.165, 1.54) is 0 Å². The maximum absolute atomic E-state index is 14.1. The molecule has 0 aromatic rings. The van der Waals surface area contributed by atoms with E-state index in [0.29, 0.717) is 12.8 Å². The molecule has 0 saturated heterocycles. The van der Waals surface area contributed by atoms with Crippen LogP contribution in [0.1, 0.15) is 72.1 Å². The monoisotopic (exact) mass is 356 g/mol. The zero-order chi connectivity index (χ0) is 18.2. The first-order valence-electron chi connectivity index (χ1n) is 10.2. The number of alkyl halides is 3. The molecule has 0 unspecified atom stereocenters. The summed E-state index contributed by atoms with van der Waals surface area (Å²) in [5.74, 6) is -0.753. The molecule has 0 amide bonds. The Labute approximate surface area is 149 Å². The molecule has 1 nitrogen and oxygen atoms in total. The Morgan fingerprint density at radius 2 is 1.76 bits per heavy atom. The van der Waals surface area contributed by atoms with Crippen molar-refractivity contribution in [1.29, 1.82) is 0 Å². The van der Waals surface area contributed by atoms with Gasteiger partial charge in [-0.3, -0.25) is 4.79 Å². The molecule has 25 heavy (non-hydrogen) atoms. The van der Waals surface area contributed by atoms with E-state index in [9.17, 15) is 18.0 Å². The summed E-state index contributed by atoms with van der Waals surface area (Å²) in [4.78, 5) is 12.1. The molecule has 0 aromatic heterocycles. The predicted octanol–water partition coefficient (Wildman–Crippen LogP) is 6.02. The van der Waals surface area contributed by atoms with Gasteiger partial charge in [0.15, 0.2) is 0 Å². The maximum Gasteiger partial charge on any atom is 0.392 e. The molecule has 4 fully saturated rings. The van der Waals surface area contributed by atoms with Gasteiger partial charge in [-0.25, -0.2) is 0 Å². The number of fused-ring (bicyclic) bond motifs is 5. The number of carbonyl (C=O) groups excluding carboxylic acids is 1. The fraction of sp³-hybridized carbons (Fsp3) is 0.952. The van der Waals surface area contributed by atoms with E-state index in [4.69, 9.17) is 0 Å². The van der Waals surface area contributed by atoms with Gasteiger partial charge >= 0.3 is 6.18 Å². The first-order chi connectivity index (χ1) is 11.6. The molecule has 0 bridgehead atoms. The van der Waals surface area contributed by atoms with Crippen LogP contribution < -0.4 is 0 Å². The van der Waals surface area contributed by atoms with Gasteiger partial charge in [-0.05, 0) is 72.5 Å². The summed E-state index contributed by atoms with van der Waals surface area (Å²) in [7, 11) is 0. The minimum absolute atomic E-state index is 0.0811. The lowest BCUT2D eigenvalue weighted by Gasteiger charge is -2.63. The maximum atomic E-state index is 14.1. The molecule has 8 atom stereocenters. The summed E-state index contributed by atoms with van der Waals surface area (Å²) >= 11 is 0. The van der Waals surface area contributed by atoms with Crippen molar-refractivity contribution in [3.63, 3.8) is 0 Å². The second-order valence-corrected chi connectivity index (χ2v) is 10.2. The Bertz CT molecular complexity index is 570. The number of ketones is 1. The Morgan fingerprint density at radius 3 is 2.44 bits per heavy atom. The summed E-state index contributed by atoms with van der Waals surface area (Å²) in [6, 6.07) is 0. The lowest BCUT2D eigenvalue weighted by molar-refractivity contribution is -0.254. The third kappa shape index (κ3) is 2.45. The average molecular weight is 356 g/mol. The highest BCUT2D eigenvalue weighted by Gasteiger charge is 2.66. The molecule has 0 spiro atoms. The van der Waals surface area contributed by atoms with Gasteiger partial charge in [-0.1, -0.05) is 27.2 Å². The smallest absolute Gasteiger partial charge is 0.300 e. The second-order valence-electron chi connectivity index (χ2n) is 10.2. The topological polar surface area (TPSA) is 17.1 Å². The van der Waals surface area contributed by atoms with Gasteiger partial charge in [0, 0.05) is 12.8 Å². The van der Waals surface area contributed by atoms with E-state index >= 15 is 0 Å². The first kappa shape index (κ1) is 17.9. The summed E-state index contributed by atoms with van der Waals surface area (Å²) in [5.41, 5.74) is 0.0197. The van der Waals surface area contributed by atoms with Gasteiger partial charge in [-0.2, -0.15) is 13.2 Å². The highest BCUT2D eigenvalue weighted by atomic mass is 19.4. The van der Waals surface area contributed by atoms with Crippen molar-refractivity contribution in [3.8, 4) is 0 Å². The Hall–Kier alpha value is -0.540. The van der Waals surface area contributed by atoms with Crippen LogP contribution in [0.5, 0.6) is 0 Å². The van der Waals surface area contributed by atoms with Gasteiger partial charge in [0.25, 0.3) is 0 Å². The van der Waals surface area contributed by atoms with Crippen molar-refractivity contribution in [3.05, 3.63) is 0 Å². The minimum atomic E-state index is -4.13. The zero-order valence-electron chi connectivity index (χ0n) is 15.7. The molecule has 142 valence electrons. The van der Waals surface area contributed by atoms with Crippen molar-refractivity contribution in [1.82, 2.24) is 0 Å².